The van der Waals surface area contributed by atoms with Crippen molar-refractivity contribution in [2.45, 2.75) is 0 Å². The average molecular weight is 592 g/mol. The summed E-state index contributed by atoms with van der Waals surface area (Å²) in [4.78, 5) is 0. The molecule has 0 aliphatic rings. The van der Waals surface area contributed by atoms with Gasteiger partial charge in [-0.05, 0) is 23.8 Å². The van der Waals surface area contributed by atoms with E-state index in [9.17, 15) is 0 Å². The summed E-state index contributed by atoms with van der Waals surface area (Å²) >= 11 is 9.55. The maximum absolute atomic E-state index is 4.78. The number of hydrogen-bond acceptors (Lipinski definition) is 2. The van der Waals surface area contributed by atoms with E-state index >= 15 is 0 Å². The van der Waals surface area contributed by atoms with Crippen molar-refractivity contribution < 1.29 is 0 Å². The molecule has 0 fully saturated rings. The molecule has 3 heteroatoms. The summed E-state index contributed by atoms with van der Waals surface area (Å²) < 4.78 is 0.538. The third kappa shape index (κ3) is 16.3. The van der Waals surface area contributed by atoms with E-state index in [1.54, 1.807) is 0 Å². The van der Waals surface area contributed by atoms with Gasteiger partial charge in [0.1, 0.15) is 0 Å². The van der Waals surface area contributed by atoms with Gasteiger partial charge in [-0.2, -0.15) is 0 Å². The third-order valence-electron chi connectivity index (χ3n) is 2.83. The number of hydrogen-bond donors (Lipinski definition) is 0. The minimum absolute atomic E-state index is 0. The van der Waals surface area contributed by atoms with Crippen molar-refractivity contribution in [3.8, 4) is 0 Å². The van der Waals surface area contributed by atoms with Crippen LogP contribution in [0.3, 0.4) is 0 Å². The normalized spacial score (nSPS) is 8.00. The van der Waals surface area contributed by atoms with Crippen LogP contribution in [0.2, 0.25) is 0 Å². The first-order valence-corrected chi connectivity index (χ1v) is 9.12. The molecule has 0 saturated heterocycles. The van der Waals surface area contributed by atoms with Crippen LogP contribution in [-0.2, 0) is 12.6 Å². The van der Waals surface area contributed by atoms with Crippen LogP contribution in [0.1, 0.15) is 5.56 Å². The Labute approximate surface area is 200 Å². The van der Waals surface area contributed by atoms with Gasteiger partial charge in [0.15, 0.2) is 0 Å². The summed E-state index contributed by atoms with van der Waals surface area (Å²) in [6, 6.07) is 47.1. The summed E-state index contributed by atoms with van der Waals surface area (Å²) in [6.07, 6.45) is 0. The monoisotopic (exact) mass is 592 g/mol. The smallest absolute Gasteiger partial charge is 0 e. The van der Waals surface area contributed by atoms with Gasteiger partial charge in [-0.15, -0.1) is 4.20 Å². The minimum atomic E-state index is 0. The van der Waals surface area contributed by atoms with Gasteiger partial charge in [-0.3, -0.25) is 0 Å². The number of benzene rings is 4. The molecule has 0 spiro atoms. The fraction of sp³-hybridized carbons (Fsp3) is 0. The van der Waals surface area contributed by atoms with E-state index in [1.165, 1.54) is 0 Å². The van der Waals surface area contributed by atoms with Crippen LogP contribution in [0.15, 0.2) is 121 Å². The van der Waals surface area contributed by atoms with Crippen molar-refractivity contribution in [2.75, 3.05) is 0 Å². The molecule has 0 saturated carbocycles. The van der Waals surface area contributed by atoms with Crippen molar-refractivity contribution in [1.29, 1.82) is 0 Å². The van der Waals surface area contributed by atoms with Crippen LogP contribution >= 0.6 is 12.2 Å². The standard InChI is InChI=1S/C7H6S2.3C6H5.Pb/c8-7(9)6-4-2-1-3-5-6;3*1-2-4-6-5-3-1;/h1-5H,(H,8,9);3*1-5H;/p-1. The fourth-order valence-electron chi connectivity index (χ4n) is 1.60. The van der Waals surface area contributed by atoms with E-state index in [-0.39, 0.29) is 27.3 Å². The Morgan fingerprint density at radius 3 is 0.964 bits per heavy atom. The van der Waals surface area contributed by atoms with Gasteiger partial charge in [-0.25, -0.2) is 0 Å². The summed E-state index contributed by atoms with van der Waals surface area (Å²) in [5.74, 6) is 0. The zero-order valence-electron chi connectivity index (χ0n) is 15.4. The van der Waals surface area contributed by atoms with Gasteiger partial charge in [-0.1, -0.05) is 121 Å². The van der Waals surface area contributed by atoms with Gasteiger partial charge in [0.05, 0.1) is 0 Å². The molecule has 137 valence electrons. The van der Waals surface area contributed by atoms with Crippen molar-refractivity contribution >= 4 is 56.3 Å². The molecule has 0 unspecified atom stereocenters. The Balaban J connectivity index is 0.000000349. The second-order valence-corrected chi connectivity index (χ2v) is 5.96. The molecule has 4 rings (SSSR count). The van der Waals surface area contributed by atoms with Crippen LogP contribution in [0, 0.1) is 18.2 Å². The van der Waals surface area contributed by atoms with Crippen LogP contribution in [0.25, 0.3) is 0 Å². The number of thiocarbonyl (C=S) groups is 1. The Hall–Kier alpha value is -1.89. The molecule has 4 aromatic carbocycles. The molecule has 28 heavy (non-hydrogen) atoms. The summed E-state index contributed by atoms with van der Waals surface area (Å²) in [7, 11) is 0. The van der Waals surface area contributed by atoms with E-state index in [0.29, 0.717) is 4.20 Å². The summed E-state index contributed by atoms with van der Waals surface area (Å²) in [5.41, 5.74) is 0.961. The average Bonchev–Trinajstić information content (AvgIpc) is 2.79. The van der Waals surface area contributed by atoms with E-state index < -0.39 is 0 Å². The first kappa shape index (κ1) is 26.1. The quantitative estimate of drug-likeness (QED) is 0.152. The van der Waals surface area contributed by atoms with Crippen LogP contribution in [-0.4, -0.2) is 31.5 Å². The predicted octanol–water partition coefficient (Wildman–Crippen LogP) is 5.99. The van der Waals surface area contributed by atoms with Gasteiger partial charge in [0.2, 0.25) is 0 Å². The first-order valence-electron chi connectivity index (χ1n) is 8.30. The van der Waals surface area contributed by atoms with Gasteiger partial charge in [0.25, 0.3) is 0 Å². The molecule has 0 N–H and O–H groups in total. The van der Waals surface area contributed by atoms with Crippen molar-refractivity contribution in [1.82, 2.24) is 0 Å². The summed E-state index contributed by atoms with van der Waals surface area (Å²) in [5, 5.41) is 0. The molecule has 0 aliphatic carbocycles. The molecule has 0 aliphatic heterocycles. The molecule has 0 atom stereocenters. The van der Waals surface area contributed by atoms with Gasteiger partial charge < -0.3 is 24.8 Å². The molecule has 0 amide bonds. The largest absolute Gasteiger partial charge is 0.428 e. The molecule has 7 radical (unpaired) electrons. The second-order valence-electron chi connectivity index (χ2n) is 4.89. The topological polar surface area (TPSA) is 0 Å². The van der Waals surface area contributed by atoms with Crippen molar-refractivity contribution in [3.05, 3.63) is 145 Å². The summed E-state index contributed by atoms with van der Waals surface area (Å²) in [6.45, 7) is 0. The van der Waals surface area contributed by atoms with Crippen molar-refractivity contribution in [3.63, 3.8) is 0 Å². The Morgan fingerprint density at radius 2 is 0.821 bits per heavy atom. The molecule has 0 nitrogen and oxygen atoms in total. The van der Waals surface area contributed by atoms with E-state index in [1.807, 2.05) is 121 Å². The van der Waals surface area contributed by atoms with Crippen LogP contribution < -0.4 is 0 Å². The van der Waals surface area contributed by atoms with E-state index in [2.05, 4.69) is 18.2 Å². The fourth-order valence-corrected chi connectivity index (χ4v) is 1.87. The third-order valence-corrected chi connectivity index (χ3v) is 3.30. The molecule has 0 bridgehead atoms. The maximum atomic E-state index is 4.78. The molecule has 0 heterocycles. The SMILES string of the molecule is S=C([S-])c1ccccc1.[Pb].[c]1ccccc1.[c]1ccccc1.[c]1ccccc1. The zero-order chi connectivity index (χ0) is 19.4. The Bertz CT molecular complexity index is 638. The predicted molar refractivity (Wildman–Crippen MR) is 127 cm³/mol. The van der Waals surface area contributed by atoms with E-state index in [4.69, 9.17) is 24.8 Å². The number of rotatable bonds is 1. The molecular formula is C25H20PbS2-. The van der Waals surface area contributed by atoms with Gasteiger partial charge in [0, 0.05) is 27.3 Å². The molecule has 4 aromatic rings. The molecule has 0 aromatic heterocycles. The first-order chi connectivity index (χ1) is 13.3. The van der Waals surface area contributed by atoms with Gasteiger partial charge >= 0.3 is 0 Å². The minimum Gasteiger partial charge on any atom is -0.428 e. The van der Waals surface area contributed by atoms with E-state index in [0.717, 1.165) is 5.56 Å². The van der Waals surface area contributed by atoms with Crippen molar-refractivity contribution in [2.24, 2.45) is 0 Å². The Morgan fingerprint density at radius 1 is 0.536 bits per heavy atom. The van der Waals surface area contributed by atoms with Crippen LogP contribution in [0.4, 0.5) is 0 Å². The maximum Gasteiger partial charge on any atom is 0 e. The second kappa shape index (κ2) is 19.9. The Kier molecular flexibility index (Phi) is 18.5. The molecular weight excluding hydrogens is 572 g/mol. The zero-order valence-corrected chi connectivity index (χ0v) is 20.9. The van der Waals surface area contributed by atoms with Crippen LogP contribution in [0.5, 0.6) is 0 Å².